The van der Waals surface area contributed by atoms with Gasteiger partial charge in [-0.05, 0) is 29.0 Å². The lowest BCUT2D eigenvalue weighted by atomic mass is 9.89. The minimum Gasteiger partial charge on any atom is -0.0654 e. The molecule has 0 spiro atoms. The van der Waals surface area contributed by atoms with Crippen molar-refractivity contribution in [1.82, 2.24) is 0 Å². The predicted molar refractivity (Wildman–Crippen MR) is 112 cm³/mol. The van der Waals surface area contributed by atoms with Gasteiger partial charge in [-0.25, -0.2) is 0 Å². The van der Waals surface area contributed by atoms with Crippen LogP contribution in [0.4, 0.5) is 0 Å². The minimum absolute atomic E-state index is 0.865. The van der Waals surface area contributed by atoms with Crippen LogP contribution in [0.3, 0.4) is 0 Å². The normalized spacial score (nSPS) is 12.2. The van der Waals surface area contributed by atoms with E-state index < -0.39 is 0 Å². The van der Waals surface area contributed by atoms with Crippen molar-refractivity contribution in [2.75, 3.05) is 0 Å². The molecular formula is C25H36. The second-order valence-corrected chi connectivity index (χ2v) is 7.48. The first-order chi connectivity index (χ1) is 12.3. The molecule has 0 amide bonds. The fourth-order valence-electron chi connectivity index (χ4n) is 3.68. The molecule has 0 heterocycles. The van der Waals surface area contributed by atoms with Gasteiger partial charge in [-0.1, -0.05) is 126 Å². The molecule has 0 nitrogen and oxygen atoms in total. The summed E-state index contributed by atoms with van der Waals surface area (Å²) in [5, 5.41) is 0. The average molecular weight is 337 g/mol. The standard InChI is InChI=1S/C25H36/c1-3-5-7-8-10-14-22(13-6-4-2)21-23-17-19-25(20-18-23)24-15-11-9-12-16-24/h9,11-12,15-20,22H,3-8,10,13-14,21H2,1-2H3. The molecule has 0 aliphatic rings. The van der Waals surface area contributed by atoms with Crippen molar-refractivity contribution in [1.29, 1.82) is 0 Å². The van der Waals surface area contributed by atoms with Gasteiger partial charge in [0.15, 0.2) is 0 Å². The summed E-state index contributed by atoms with van der Waals surface area (Å²) in [5.41, 5.74) is 4.15. The van der Waals surface area contributed by atoms with Crippen molar-refractivity contribution in [2.24, 2.45) is 5.92 Å². The Morgan fingerprint density at radius 1 is 0.600 bits per heavy atom. The topological polar surface area (TPSA) is 0 Å². The Hall–Kier alpha value is -1.56. The largest absolute Gasteiger partial charge is 0.0654 e. The van der Waals surface area contributed by atoms with E-state index in [0.29, 0.717) is 0 Å². The van der Waals surface area contributed by atoms with E-state index in [1.54, 1.807) is 0 Å². The number of benzene rings is 2. The molecule has 0 fully saturated rings. The first-order valence-corrected chi connectivity index (χ1v) is 10.5. The van der Waals surface area contributed by atoms with E-state index in [1.807, 2.05) is 0 Å². The number of rotatable bonds is 12. The Morgan fingerprint density at radius 2 is 1.20 bits per heavy atom. The third kappa shape index (κ3) is 7.46. The van der Waals surface area contributed by atoms with Gasteiger partial charge >= 0.3 is 0 Å². The molecule has 0 aliphatic carbocycles. The van der Waals surface area contributed by atoms with Crippen LogP contribution < -0.4 is 0 Å². The van der Waals surface area contributed by atoms with E-state index in [9.17, 15) is 0 Å². The molecule has 0 bridgehead atoms. The molecule has 0 saturated heterocycles. The lowest BCUT2D eigenvalue weighted by molar-refractivity contribution is 0.409. The zero-order valence-electron chi connectivity index (χ0n) is 16.3. The predicted octanol–water partition coefficient (Wildman–Crippen LogP) is 8.06. The molecule has 1 unspecified atom stereocenters. The van der Waals surface area contributed by atoms with E-state index >= 15 is 0 Å². The summed E-state index contributed by atoms with van der Waals surface area (Å²) in [4.78, 5) is 0. The number of unbranched alkanes of at least 4 members (excludes halogenated alkanes) is 5. The number of hydrogen-bond acceptors (Lipinski definition) is 0. The third-order valence-corrected chi connectivity index (χ3v) is 5.27. The first-order valence-electron chi connectivity index (χ1n) is 10.5. The summed E-state index contributed by atoms with van der Waals surface area (Å²) in [6.45, 7) is 4.61. The van der Waals surface area contributed by atoms with Crippen molar-refractivity contribution in [2.45, 2.75) is 78.1 Å². The van der Waals surface area contributed by atoms with Crippen LogP contribution in [0.1, 0.15) is 77.2 Å². The summed E-state index contributed by atoms with van der Waals surface area (Å²) in [6, 6.07) is 20.0. The molecular weight excluding hydrogens is 300 g/mol. The van der Waals surface area contributed by atoms with Gasteiger partial charge in [-0.2, -0.15) is 0 Å². The molecule has 0 heteroatoms. The lowest BCUT2D eigenvalue weighted by Gasteiger charge is -2.17. The Labute approximate surface area is 155 Å². The SMILES string of the molecule is CCCCCCCC(CCCC)Cc1ccc(-c2ccccc2)cc1. The zero-order valence-corrected chi connectivity index (χ0v) is 16.3. The van der Waals surface area contributed by atoms with Gasteiger partial charge in [-0.3, -0.25) is 0 Å². The van der Waals surface area contributed by atoms with Crippen LogP contribution in [0.5, 0.6) is 0 Å². The van der Waals surface area contributed by atoms with Gasteiger partial charge in [0.1, 0.15) is 0 Å². The number of hydrogen-bond donors (Lipinski definition) is 0. The van der Waals surface area contributed by atoms with E-state index in [4.69, 9.17) is 0 Å². The molecule has 2 aromatic rings. The van der Waals surface area contributed by atoms with E-state index in [-0.39, 0.29) is 0 Å². The van der Waals surface area contributed by atoms with Gasteiger partial charge in [0, 0.05) is 0 Å². The Balaban J connectivity index is 1.88. The molecule has 0 saturated carbocycles. The van der Waals surface area contributed by atoms with E-state index in [1.165, 1.54) is 80.9 Å². The molecule has 0 aliphatic heterocycles. The highest BCUT2D eigenvalue weighted by Gasteiger charge is 2.10. The quantitative estimate of drug-likeness (QED) is 0.344. The Bertz CT molecular complexity index is 552. The molecule has 2 aromatic carbocycles. The van der Waals surface area contributed by atoms with Crippen LogP contribution in [0.25, 0.3) is 11.1 Å². The highest BCUT2D eigenvalue weighted by Crippen LogP contribution is 2.24. The average Bonchev–Trinajstić information content (AvgIpc) is 2.67. The van der Waals surface area contributed by atoms with Crippen molar-refractivity contribution in [3.05, 3.63) is 60.2 Å². The van der Waals surface area contributed by atoms with Crippen molar-refractivity contribution in [3.8, 4) is 11.1 Å². The summed E-state index contributed by atoms with van der Waals surface area (Å²) in [5.74, 6) is 0.865. The maximum absolute atomic E-state index is 2.35. The summed E-state index contributed by atoms with van der Waals surface area (Å²) < 4.78 is 0. The fraction of sp³-hybridized carbons (Fsp3) is 0.520. The molecule has 0 N–H and O–H groups in total. The maximum Gasteiger partial charge on any atom is -0.0184 e. The van der Waals surface area contributed by atoms with Gasteiger partial charge < -0.3 is 0 Å². The van der Waals surface area contributed by atoms with Crippen LogP contribution >= 0.6 is 0 Å². The molecule has 1 atom stereocenters. The summed E-state index contributed by atoms with van der Waals surface area (Å²) in [7, 11) is 0. The first kappa shape index (κ1) is 19.8. The van der Waals surface area contributed by atoms with Gasteiger partial charge in [0.25, 0.3) is 0 Å². The molecule has 0 radical (unpaired) electrons. The third-order valence-electron chi connectivity index (χ3n) is 5.27. The maximum atomic E-state index is 2.35. The molecule has 25 heavy (non-hydrogen) atoms. The van der Waals surface area contributed by atoms with Gasteiger partial charge in [-0.15, -0.1) is 0 Å². The second kappa shape index (κ2) is 11.9. The minimum atomic E-state index is 0.865. The van der Waals surface area contributed by atoms with Crippen LogP contribution in [0.15, 0.2) is 54.6 Å². The molecule has 136 valence electrons. The van der Waals surface area contributed by atoms with Crippen LogP contribution in [0.2, 0.25) is 0 Å². The van der Waals surface area contributed by atoms with Crippen LogP contribution in [0, 0.1) is 5.92 Å². The monoisotopic (exact) mass is 336 g/mol. The highest BCUT2D eigenvalue weighted by atomic mass is 14.2. The lowest BCUT2D eigenvalue weighted by Crippen LogP contribution is -2.05. The second-order valence-electron chi connectivity index (χ2n) is 7.48. The van der Waals surface area contributed by atoms with Crippen molar-refractivity contribution >= 4 is 0 Å². The molecule has 0 aromatic heterocycles. The van der Waals surface area contributed by atoms with Crippen LogP contribution in [-0.4, -0.2) is 0 Å². The summed E-state index contributed by atoms with van der Waals surface area (Å²) >= 11 is 0. The Morgan fingerprint density at radius 3 is 1.88 bits per heavy atom. The zero-order chi connectivity index (χ0) is 17.7. The van der Waals surface area contributed by atoms with E-state index in [0.717, 1.165) is 5.92 Å². The summed E-state index contributed by atoms with van der Waals surface area (Å²) in [6.07, 6.45) is 13.7. The highest BCUT2D eigenvalue weighted by molar-refractivity contribution is 5.63. The van der Waals surface area contributed by atoms with Gasteiger partial charge in [0.05, 0.1) is 0 Å². The Kier molecular flexibility index (Phi) is 9.41. The van der Waals surface area contributed by atoms with Crippen LogP contribution in [-0.2, 0) is 6.42 Å². The smallest absolute Gasteiger partial charge is 0.0184 e. The molecule has 2 rings (SSSR count). The fourth-order valence-corrected chi connectivity index (χ4v) is 3.68. The van der Waals surface area contributed by atoms with Crippen molar-refractivity contribution in [3.63, 3.8) is 0 Å². The van der Waals surface area contributed by atoms with E-state index in [2.05, 4.69) is 68.4 Å². The van der Waals surface area contributed by atoms with Crippen molar-refractivity contribution < 1.29 is 0 Å². The van der Waals surface area contributed by atoms with Gasteiger partial charge in [0.2, 0.25) is 0 Å².